The van der Waals surface area contributed by atoms with Crippen molar-refractivity contribution in [2.24, 2.45) is 0 Å². The number of carboxylic acids is 1. The van der Waals surface area contributed by atoms with E-state index in [2.05, 4.69) is 9.59 Å². The van der Waals surface area contributed by atoms with Gasteiger partial charge >= 0.3 is 5.97 Å². The Bertz CT molecular complexity index is 589. The molecular weight excluding hydrogens is 315 g/mol. The van der Waals surface area contributed by atoms with Crippen LogP contribution in [0.25, 0.3) is 0 Å². The molecule has 0 bridgehead atoms. The van der Waals surface area contributed by atoms with E-state index < -0.39 is 5.97 Å². The van der Waals surface area contributed by atoms with E-state index in [4.69, 9.17) is 28.3 Å². The SMILES string of the molecule is O=C(O)c1cc(SCc2nnsc2Cl)ccc1Cl. The minimum atomic E-state index is -1.05. The van der Waals surface area contributed by atoms with Crippen molar-refractivity contribution in [2.75, 3.05) is 0 Å². The van der Waals surface area contributed by atoms with Gasteiger partial charge in [0.15, 0.2) is 0 Å². The van der Waals surface area contributed by atoms with Crippen LogP contribution >= 0.6 is 46.5 Å². The Morgan fingerprint density at radius 3 is 2.83 bits per heavy atom. The number of aromatic nitrogens is 2. The zero-order valence-corrected chi connectivity index (χ0v) is 11.9. The van der Waals surface area contributed by atoms with Crippen molar-refractivity contribution in [2.45, 2.75) is 10.6 Å². The fraction of sp³-hybridized carbons (Fsp3) is 0.100. The van der Waals surface area contributed by atoms with Crippen LogP contribution in [0.2, 0.25) is 9.36 Å². The smallest absolute Gasteiger partial charge is 0.337 e. The Morgan fingerprint density at radius 1 is 1.44 bits per heavy atom. The van der Waals surface area contributed by atoms with Gasteiger partial charge in [-0.2, -0.15) is 0 Å². The summed E-state index contributed by atoms with van der Waals surface area (Å²) in [6.45, 7) is 0. The topological polar surface area (TPSA) is 63.1 Å². The van der Waals surface area contributed by atoms with Gasteiger partial charge in [0.1, 0.15) is 10.0 Å². The molecule has 0 aliphatic rings. The number of hydrogen-bond donors (Lipinski definition) is 1. The Hall–Kier alpha value is -0.820. The molecule has 1 aromatic heterocycles. The Balaban J connectivity index is 2.13. The summed E-state index contributed by atoms with van der Waals surface area (Å²) in [7, 11) is 0. The zero-order valence-electron chi connectivity index (χ0n) is 8.76. The van der Waals surface area contributed by atoms with Crippen LogP contribution in [0.3, 0.4) is 0 Å². The van der Waals surface area contributed by atoms with Crippen LogP contribution in [0.1, 0.15) is 16.1 Å². The molecule has 0 spiro atoms. The molecule has 0 radical (unpaired) electrons. The average molecular weight is 321 g/mol. The second kappa shape index (κ2) is 5.88. The van der Waals surface area contributed by atoms with E-state index in [-0.39, 0.29) is 10.6 Å². The van der Waals surface area contributed by atoms with Crippen LogP contribution in [0.15, 0.2) is 23.1 Å². The van der Waals surface area contributed by atoms with Gasteiger partial charge in [0, 0.05) is 22.2 Å². The van der Waals surface area contributed by atoms with Crippen molar-refractivity contribution in [1.29, 1.82) is 0 Å². The molecule has 0 saturated heterocycles. The molecule has 4 nitrogen and oxygen atoms in total. The first-order chi connectivity index (χ1) is 8.58. The van der Waals surface area contributed by atoms with Gasteiger partial charge in [-0.15, -0.1) is 16.9 Å². The summed E-state index contributed by atoms with van der Waals surface area (Å²) in [6, 6.07) is 4.85. The summed E-state index contributed by atoms with van der Waals surface area (Å²) < 4.78 is 4.28. The number of aromatic carboxylic acids is 1. The molecule has 0 aliphatic heterocycles. The third-order valence-corrected chi connectivity index (χ3v) is 4.37. The lowest BCUT2D eigenvalue weighted by Crippen LogP contribution is -1.97. The van der Waals surface area contributed by atoms with Crippen LogP contribution < -0.4 is 0 Å². The van der Waals surface area contributed by atoms with Gasteiger partial charge in [-0.25, -0.2) is 4.79 Å². The molecule has 0 unspecified atom stereocenters. The molecule has 1 N–H and O–H groups in total. The van der Waals surface area contributed by atoms with Crippen LogP contribution in [0, 0.1) is 0 Å². The Morgan fingerprint density at radius 2 is 2.22 bits per heavy atom. The molecule has 18 heavy (non-hydrogen) atoms. The maximum Gasteiger partial charge on any atom is 0.337 e. The number of halogens is 2. The first kappa shape index (κ1) is 13.6. The predicted molar refractivity (Wildman–Crippen MR) is 72.9 cm³/mol. The van der Waals surface area contributed by atoms with Crippen LogP contribution in [-0.4, -0.2) is 20.7 Å². The van der Waals surface area contributed by atoms with Gasteiger partial charge in [0.05, 0.1) is 10.6 Å². The van der Waals surface area contributed by atoms with E-state index in [1.807, 2.05) is 0 Å². The molecule has 1 aromatic carbocycles. The van der Waals surface area contributed by atoms with E-state index in [1.165, 1.54) is 17.8 Å². The third kappa shape index (κ3) is 3.14. The highest BCUT2D eigenvalue weighted by Gasteiger charge is 2.11. The molecule has 0 saturated carbocycles. The highest BCUT2D eigenvalue weighted by Crippen LogP contribution is 2.29. The first-order valence-corrected chi connectivity index (χ1v) is 7.22. The van der Waals surface area contributed by atoms with Crippen molar-refractivity contribution in [3.05, 3.63) is 38.8 Å². The fourth-order valence-corrected chi connectivity index (χ4v) is 3.06. The number of hydrogen-bond acceptors (Lipinski definition) is 5. The second-order valence-corrected chi connectivity index (χ2v) is 6.04. The number of rotatable bonds is 4. The first-order valence-electron chi connectivity index (χ1n) is 4.70. The van der Waals surface area contributed by atoms with E-state index in [9.17, 15) is 4.79 Å². The molecule has 8 heteroatoms. The Kier molecular flexibility index (Phi) is 4.45. The lowest BCUT2D eigenvalue weighted by molar-refractivity contribution is 0.0697. The van der Waals surface area contributed by atoms with E-state index in [0.717, 1.165) is 16.4 Å². The van der Waals surface area contributed by atoms with E-state index in [0.29, 0.717) is 15.8 Å². The summed E-state index contributed by atoms with van der Waals surface area (Å²) in [5, 5.41) is 13.1. The van der Waals surface area contributed by atoms with Gasteiger partial charge in [0.25, 0.3) is 0 Å². The standard InChI is InChI=1S/C10H6Cl2N2O2S2/c11-7-2-1-5(3-6(7)10(15)16)17-4-8-9(12)18-14-13-8/h1-3H,4H2,(H,15,16). The van der Waals surface area contributed by atoms with Crippen molar-refractivity contribution in [1.82, 2.24) is 9.59 Å². The fourth-order valence-electron chi connectivity index (χ4n) is 1.19. The molecule has 94 valence electrons. The highest BCUT2D eigenvalue weighted by molar-refractivity contribution is 7.98. The lowest BCUT2D eigenvalue weighted by Gasteiger charge is -2.03. The van der Waals surface area contributed by atoms with Gasteiger partial charge in [0.2, 0.25) is 0 Å². The molecule has 1 heterocycles. The summed E-state index contributed by atoms with van der Waals surface area (Å²) in [5.41, 5.74) is 0.780. The minimum Gasteiger partial charge on any atom is -0.478 e. The molecule has 2 rings (SSSR count). The lowest BCUT2D eigenvalue weighted by atomic mass is 10.2. The molecule has 0 aliphatic carbocycles. The summed E-state index contributed by atoms with van der Waals surface area (Å²) in [6.07, 6.45) is 0. The average Bonchev–Trinajstić information content (AvgIpc) is 2.73. The van der Waals surface area contributed by atoms with Crippen LogP contribution in [0.4, 0.5) is 0 Å². The maximum absolute atomic E-state index is 10.9. The summed E-state index contributed by atoms with van der Waals surface area (Å²) in [5.74, 6) is -0.508. The van der Waals surface area contributed by atoms with E-state index >= 15 is 0 Å². The molecule has 2 aromatic rings. The van der Waals surface area contributed by atoms with Gasteiger partial charge < -0.3 is 5.11 Å². The predicted octanol–water partition coefficient (Wildman–Crippen LogP) is 3.84. The second-order valence-electron chi connectivity index (χ2n) is 3.23. The van der Waals surface area contributed by atoms with E-state index in [1.54, 1.807) is 12.1 Å². The number of benzene rings is 1. The Labute approximate surface area is 121 Å². The molecule has 0 fully saturated rings. The number of nitrogens with zero attached hydrogens (tertiary/aromatic N) is 2. The summed E-state index contributed by atoms with van der Waals surface area (Å²) >= 11 is 14.2. The largest absolute Gasteiger partial charge is 0.478 e. The molecular formula is C10H6Cl2N2O2S2. The van der Waals surface area contributed by atoms with Gasteiger partial charge in [-0.1, -0.05) is 27.7 Å². The van der Waals surface area contributed by atoms with Crippen LogP contribution in [0.5, 0.6) is 0 Å². The minimum absolute atomic E-state index is 0.0872. The third-order valence-electron chi connectivity index (χ3n) is 2.05. The van der Waals surface area contributed by atoms with Crippen molar-refractivity contribution in [3.8, 4) is 0 Å². The van der Waals surface area contributed by atoms with Gasteiger partial charge in [-0.05, 0) is 18.2 Å². The summed E-state index contributed by atoms with van der Waals surface area (Å²) in [4.78, 5) is 11.7. The van der Waals surface area contributed by atoms with Gasteiger partial charge in [-0.3, -0.25) is 0 Å². The molecule has 0 amide bonds. The zero-order chi connectivity index (χ0) is 13.1. The number of carboxylic acid groups (broad SMARTS) is 1. The van der Waals surface area contributed by atoms with Crippen molar-refractivity contribution >= 4 is 52.5 Å². The maximum atomic E-state index is 10.9. The van der Waals surface area contributed by atoms with Crippen molar-refractivity contribution < 1.29 is 9.90 Å². The van der Waals surface area contributed by atoms with Crippen LogP contribution in [-0.2, 0) is 5.75 Å². The van der Waals surface area contributed by atoms with Crippen molar-refractivity contribution in [3.63, 3.8) is 0 Å². The number of thioether (sulfide) groups is 1. The number of carbonyl (C=O) groups is 1. The monoisotopic (exact) mass is 320 g/mol. The normalized spacial score (nSPS) is 10.6. The molecule has 0 atom stereocenters. The highest BCUT2D eigenvalue weighted by atomic mass is 35.5. The quantitative estimate of drug-likeness (QED) is 0.867.